The second kappa shape index (κ2) is 5.99. The van der Waals surface area contributed by atoms with Gasteiger partial charge in [0.2, 0.25) is 5.88 Å². The summed E-state index contributed by atoms with van der Waals surface area (Å²) in [4.78, 5) is 19.4. The minimum Gasteiger partial charge on any atom is -0.474 e. The first-order valence-electron chi connectivity index (χ1n) is 7.64. The van der Waals surface area contributed by atoms with Crippen molar-refractivity contribution >= 4 is 15.9 Å². The number of hydrogen-bond acceptors (Lipinski definition) is 5. The summed E-state index contributed by atoms with van der Waals surface area (Å²) in [5.41, 5.74) is 0. The van der Waals surface area contributed by atoms with Crippen molar-refractivity contribution in [3.8, 4) is 5.88 Å². The third kappa shape index (κ3) is 3.12. The summed E-state index contributed by atoms with van der Waals surface area (Å²) in [5, 5.41) is -0.547. The Bertz CT molecular complexity index is 677. The average Bonchev–Trinajstić information content (AvgIpc) is 2.97. The van der Waals surface area contributed by atoms with E-state index in [9.17, 15) is 13.2 Å². The van der Waals surface area contributed by atoms with Crippen molar-refractivity contribution < 1.29 is 17.9 Å². The Hall–Kier alpha value is -1.83. The van der Waals surface area contributed by atoms with Gasteiger partial charge in [-0.2, -0.15) is 0 Å². The van der Waals surface area contributed by atoms with Crippen molar-refractivity contribution in [2.24, 2.45) is 5.92 Å². The molecule has 1 aromatic rings. The molecule has 0 spiro atoms. The Labute approximate surface area is 136 Å². The highest BCUT2D eigenvalue weighted by Gasteiger charge is 2.50. The van der Waals surface area contributed by atoms with Gasteiger partial charge in [0, 0.05) is 45.4 Å². The number of aromatic nitrogens is 1. The number of carbonyl (C=O) groups excluding carboxylic acids is 1. The molecule has 0 aliphatic carbocycles. The van der Waals surface area contributed by atoms with Gasteiger partial charge in [-0.25, -0.2) is 18.2 Å². The standard InChI is InChI=1S/C15H21N3O4S/c1-17(2)15(19)18-9-11-12(22-14-5-3-4-7-16-14)6-8-23(20,21)13(11)10-18/h3-5,7,11-13H,6,8-10H2,1-2H3/t11-,12-,13-/m1/s1. The molecule has 2 saturated heterocycles. The quantitative estimate of drug-likeness (QED) is 0.789. The van der Waals surface area contributed by atoms with E-state index < -0.39 is 15.1 Å². The first-order valence-corrected chi connectivity index (χ1v) is 9.35. The number of sulfone groups is 1. The smallest absolute Gasteiger partial charge is 0.319 e. The molecule has 3 rings (SSSR count). The van der Waals surface area contributed by atoms with Crippen molar-refractivity contribution in [3.63, 3.8) is 0 Å². The van der Waals surface area contributed by atoms with Crippen LogP contribution in [-0.2, 0) is 9.84 Å². The second-order valence-electron chi connectivity index (χ2n) is 6.26. The van der Waals surface area contributed by atoms with Gasteiger partial charge < -0.3 is 14.5 Å². The van der Waals surface area contributed by atoms with E-state index in [1.807, 2.05) is 6.07 Å². The fourth-order valence-electron chi connectivity index (χ4n) is 3.34. The lowest BCUT2D eigenvalue weighted by molar-refractivity contribution is 0.120. The van der Waals surface area contributed by atoms with Gasteiger partial charge in [0.25, 0.3) is 0 Å². The van der Waals surface area contributed by atoms with E-state index in [1.165, 1.54) is 4.90 Å². The Morgan fingerprint density at radius 3 is 2.78 bits per heavy atom. The highest BCUT2D eigenvalue weighted by Crippen LogP contribution is 2.35. The number of carbonyl (C=O) groups is 1. The molecule has 8 heteroatoms. The van der Waals surface area contributed by atoms with Crippen LogP contribution in [-0.4, -0.2) is 73.5 Å². The molecule has 126 valence electrons. The highest BCUT2D eigenvalue weighted by atomic mass is 32.2. The monoisotopic (exact) mass is 339 g/mol. The lowest BCUT2D eigenvalue weighted by atomic mass is 9.98. The van der Waals surface area contributed by atoms with Crippen LogP contribution in [0.1, 0.15) is 6.42 Å². The summed E-state index contributed by atoms with van der Waals surface area (Å²) >= 11 is 0. The number of likely N-dealkylation sites (tertiary alicyclic amines) is 1. The maximum Gasteiger partial charge on any atom is 0.319 e. The summed E-state index contributed by atoms with van der Waals surface area (Å²) in [6, 6.07) is 5.23. The Morgan fingerprint density at radius 1 is 1.35 bits per heavy atom. The van der Waals surface area contributed by atoms with Crippen LogP contribution in [0.3, 0.4) is 0 Å². The summed E-state index contributed by atoms with van der Waals surface area (Å²) in [5.74, 6) is 0.378. The SMILES string of the molecule is CN(C)C(=O)N1C[C@H]2[C@@H](C1)S(=O)(=O)CC[C@H]2Oc1ccccn1. The Morgan fingerprint density at radius 2 is 2.13 bits per heavy atom. The van der Waals surface area contributed by atoms with Crippen molar-refractivity contribution in [1.29, 1.82) is 0 Å². The highest BCUT2D eigenvalue weighted by molar-refractivity contribution is 7.92. The van der Waals surface area contributed by atoms with Crippen LogP contribution in [0.15, 0.2) is 24.4 Å². The van der Waals surface area contributed by atoms with E-state index in [4.69, 9.17) is 4.74 Å². The van der Waals surface area contributed by atoms with Crippen molar-refractivity contribution in [2.45, 2.75) is 17.8 Å². The molecule has 2 fully saturated rings. The van der Waals surface area contributed by atoms with Gasteiger partial charge in [-0.15, -0.1) is 0 Å². The molecular weight excluding hydrogens is 318 g/mol. The van der Waals surface area contributed by atoms with Crippen LogP contribution in [0.25, 0.3) is 0 Å². The molecule has 2 aliphatic rings. The summed E-state index contributed by atoms with van der Waals surface area (Å²) < 4.78 is 30.7. The van der Waals surface area contributed by atoms with Gasteiger partial charge in [0.1, 0.15) is 6.10 Å². The molecule has 2 aliphatic heterocycles. The summed E-state index contributed by atoms with van der Waals surface area (Å²) in [6.07, 6.45) is 1.84. The number of fused-ring (bicyclic) bond motifs is 1. The van der Waals surface area contributed by atoms with E-state index in [-0.39, 0.29) is 30.4 Å². The summed E-state index contributed by atoms with van der Waals surface area (Å²) in [7, 11) is 0.144. The number of nitrogens with zero attached hydrogens (tertiary/aromatic N) is 3. The molecule has 3 heterocycles. The number of rotatable bonds is 2. The molecular formula is C15H21N3O4S. The maximum absolute atomic E-state index is 12.4. The topological polar surface area (TPSA) is 79.8 Å². The van der Waals surface area contributed by atoms with Gasteiger partial charge in [-0.1, -0.05) is 6.07 Å². The number of amides is 2. The lowest BCUT2D eigenvalue weighted by Crippen LogP contribution is -2.46. The number of urea groups is 1. The molecule has 7 nitrogen and oxygen atoms in total. The van der Waals surface area contributed by atoms with E-state index >= 15 is 0 Å². The van der Waals surface area contributed by atoms with Crippen LogP contribution in [0.4, 0.5) is 4.79 Å². The maximum atomic E-state index is 12.4. The van der Waals surface area contributed by atoms with E-state index in [2.05, 4.69) is 4.98 Å². The molecule has 3 atom stereocenters. The minimum absolute atomic E-state index is 0.0929. The van der Waals surface area contributed by atoms with Gasteiger partial charge >= 0.3 is 6.03 Å². The van der Waals surface area contributed by atoms with E-state index in [1.54, 1.807) is 37.3 Å². The van der Waals surface area contributed by atoms with Gasteiger partial charge in [0.15, 0.2) is 9.84 Å². The minimum atomic E-state index is -3.19. The first-order chi connectivity index (χ1) is 10.9. The van der Waals surface area contributed by atoms with Crippen LogP contribution >= 0.6 is 0 Å². The predicted octanol–water partition coefficient (Wildman–Crippen LogP) is 0.629. The average molecular weight is 339 g/mol. The van der Waals surface area contributed by atoms with Crippen LogP contribution in [0.5, 0.6) is 5.88 Å². The van der Waals surface area contributed by atoms with Crippen molar-refractivity contribution in [1.82, 2.24) is 14.8 Å². The fraction of sp³-hybridized carbons (Fsp3) is 0.600. The molecule has 0 N–H and O–H groups in total. The zero-order chi connectivity index (χ0) is 16.6. The van der Waals surface area contributed by atoms with Gasteiger partial charge in [0.05, 0.1) is 11.0 Å². The second-order valence-corrected chi connectivity index (χ2v) is 8.60. The lowest BCUT2D eigenvalue weighted by Gasteiger charge is -2.32. The number of hydrogen-bond donors (Lipinski definition) is 0. The zero-order valence-corrected chi connectivity index (χ0v) is 14.1. The molecule has 2 amide bonds. The zero-order valence-electron chi connectivity index (χ0n) is 13.3. The van der Waals surface area contributed by atoms with Crippen LogP contribution in [0.2, 0.25) is 0 Å². The first kappa shape index (κ1) is 16.0. The molecule has 0 aromatic carbocycles. The molecule has 1 aromatic heterocycles. The molecule has 0 bridgehead atoms. The van der Waals surface area contributed by atoms with Gasteiger partial charge in [-0.3, -0.25) is 0 Å². The number of pyridine rings is 1. The van der Waals surface area contributed by atoms with Crippen LogP contribution in [0, 0.1) is 5.92 Å². The van der Waals surface area contributed by atoms with Gasteiger partial charge in [-0.05, 0) is 12.5 Å². The van der Waals surface area contributed by atoms with Crippen molar-refractivity contribution in [2.75, 3.05) is 32.9 Å². The molecule has 0 radical (unpaired) electrons. The fourth-order valence-corrected chi connectivity index (χ4v) is 5.40. The molecule has 0 saturated carbocycles. The van der Waals surface area contributed by atoms with Crippen molar-refractivity contribution in [3.05, 3.63) is 24.4 Å². The Kier molecular flexibility index (Phi) is 4.18. The summed E-state index contributed by atoms with van der Waals surface area (Å²) in [6.45, 7) is 0.643. The van der Waals surface area contributed by atoms with E-state index in [0.29, 0.717) is 18.8 Å². The Balaban J connectivity index is 1.81. The normalized spacial score (nSPS) is 29.0. The largest absolute Gasteiger partial charge is 0.474 e. The third-order valence-electron chi connectivity index (χ3n) is 4.50. The molecule has 0 unspecified atom stereocenters. The molecule has 23 heavy (non-hydrogen) atoms. The number of ether oxygens (including phenoxy) is 1. The predicted molar refractivity (Wildman–Crippen MR) is 85.0 cm³/mol. The van der Waals surface area contributed by atoms with Crippen LogP contribution < -0.4 is 4.74 Å². The van der Waals surface area contributed by atoms with E-state index in [0.717, 1.165) is 0 Å². The third-order valence-corrected chi connectivity index (χ3v) is 6.72.